The summed E-state index contributed by atoms with van der Waals surface area (Å²) >= 11 is 12.3. The molecule has 2 heterocycles. The molecule has 0 radical (unpaired) electrons. The number of anilines is 1. The first-order chi connectivity index (χ1) is 12.9. The first kappa shape index (κ1) is 19.3. The van der Waals surface area contributed by atoms with Gasteiger partial charge in [-0.1, -0.05) is 23.7 Å². The first-order valence-electron chi connectivity index (χ1n) is 7.91. The van der Waals surface area contributed by atoms with Crippen LogP contribution in [0.3, 0.4) is 0 Å². The molecule has 0 atom stereocenters. The molecule has 0 unspecified atom stereocenters. The van der Waals surface area contributed by atoms with E-state index in [1.165, 1.54) is 11.3 Å². The number of thiophene rings is 1. The molecule has 27 heavy (non-hydrogen) atoms. The lowest BCUT2D eigenvalue weighted by Gasteiger charge is -2.04. The Hall–Kier alpha value is -2.49. The number of aromatic nitrogens is 3. The number of hydrogen-bond donors (Lipinski definition) is 3. The molecule has 2 aromatic heterocycles. The zero-order chi connectivity index (χ0) is 19.6. The van der Waals surface area contributed by atoms with Crippen molar-refractivity contribution in [2.24, 2.45) is 7.05 Å². The lowest BCUT2D eigenvalue weighted by Crippen LogP contribution is -2.24. The van der Waals surface area contributed by atoms with Crippen molar-refractivity contribution in [3.8, 4) is 0 Å². The van der Waals surface area contributed by atoms with Crippen molar-refractivity contribution >= 4 is 52.0 Å². The van der Waals surface area contributed by atoms with Crippen molar-refractivity contribution in [1.29, 1.82) is 0 Å². The largest absolute Gasteiger partial charge is 0.344 e. The molecule has 1 aromatic carbocycles. The summed E-state index contributed by atoms with van der Waals surface area (Å²) in [6.45, 7) is 2.05. The quantitative estimate of drug-likeness (QED) is 0.548. The number of hydrogen-bond acceptors (Lipinski definition) is 5. The van der Waals surface area contributed by atoms with E-state index in [-0.39, 0.29) is 18.4 Å². The fourth-order valence-electron chi connectivity index (χ4n) is 2.37. The summed E-state index contributed by atoms with van der Waals surface area (Å²) in [5.74, 6) is 0.0507. The molecule has 0 aliphatic carbocycles. The zero-order valence-electron chi connectivity index (χ0n) is 14.5. The average Bonchev–Trinajstić information content (AvgIpc) is 3.16. The summed E-state index contributed by atoms with van der Waals surface area (Å²) < 4.78 is 2.17. The summed E-state index contributed by atoms with van der Waals surface area (Å²) in [6.07, 6.45) is 0. The predicted molar refractivity (Wildman–Crippen MR) is 108 cm³/mol. The fourth-order valence-corrected chi connectivity index (χ4v) is 3.73. The van der Waals surface area contributed by atoms with Gasteiger partial charge in [0.25, 0.3) is 11.8 Å². The molecule has 0 spiro atoms. The number of rotatable bonds is 5. The van der Waals surface area contributed by atoms with Crippen molar-refractivity contribution in [2.75, 3.05) is 5.32 Å². The van der Waals surface area contributed by atoms with Crippen LogP contribution >= 0.6 is 35.2 Å². The highest BCUT2D eigenvalue weighted by Crippen LogP contribution is 2.27. The Balaban J connectivity index is 1.69. The van der Waals surface area contributed by atoms with Crippen LogP contribution in [0.5, 0.6) is 0 Å². The Morgan fingerprint density at radius 2 is 2.07 bits per heavy atom. The van der Waals surface area contributed by atoms with E-state index >= 15 is 0 Å². The molecule has 0 aliphatic heterocycles. The van der Waals surface area contributed by atoms with Crippen LogP contribution in [0.4, 0.5) is 5.00 Å². The fraction of sp³-hybridized carbons (Fsp3) is 0.176. The highest BCUT2D eigenvalue weighted by molar-refractivity contribution is 7.71. The summed E-state index contributed by atoms with van der Waals surface area (Å²) in [5, 5.41) is 13.2. The van der Waals surface area contributed by atoms with E-state index in [2.05, 4.69) is 20.8 Å². The Morgan fingerprint density at radius 1 is 1.33 bits per heavy atom. The molecule has 10 heteroatoms. The molecule has 2 amide bonds. The molecule has 0 fully saturated rings. The maximum absolute atomic E-state index is 12.5. The van der Waals surface area contributed by atoms with Crippen LogP contribution in [0.25, 0.3) is 0 Å². The molecule has 140 valence electrons. The molecule has 0 bridgehead atoms. The molecule has 0 saturated heterocycles. The third-order valence-corrected chi connectivity index (χ3v) is 5.70. The molecule has 0 saturated carbocycles. The minimum absolute atomic E-state index is 0.237. The summed E-state index contributed by atoms with van der Waals surface area (Å²) in [5.41, 5.74) is 1.14. The zero-order valence-corrected chi connectivity index (χ0v) is 16.9. The van der Waals surface area contributed by atoms with Crippen LogP contribution in [0.2, 0.25) is 5.02 Å². The smallest absolute Gasteiger partial charge is 0.262 e. The van der Waals surface area contributed by atoms with Crippen molar-refractivity contribution in [3.63, 3.8) is 0 Å². The third kappa shape index (κ3) is 4.26. The lowest BCUT2D eigenvalue weighted by molar-refractivity contribution is 0.0952. The van der Waals surface area contributed by atoms with Gasteiger partial charge in [-0.2, -0.15) is 5.10 Å². The van der Waals surface area contributed by atoms with Crippen LogP contribution in [-0.4, -0.2) is 26.6 Å². The van der Waals surface area contributed by atoms with Crippen molar-refractivity contribution in [2.45, 2.75) is 13.5 Å². The Bertz CT molecular complexity index is 1070. The molecule has 0 aliphatic rings. The number of carbonyl (C=O) groups is 2. The van der Waals surface area contributed by atoms with Crippen LogP contribution in [0, 0.1) is 11.7 Å². The monoisotopic (exact) mass is 421 g/mol. The second kappa shape index (κ2) is 8.03. The minimum Gasteiger partial charge on any atom is -0.344 e. The van der Waals surface area contributed by atoms with Gasteiger partial charge in [0.2, 0.25) is 0 Å². The van der Waals surface area contributed by atoms with Crippen LogP contribution in [0.15, 0.2) is 30.3 Å². The normalized spacial score (nSPS) is 10.6. The second-order valence-electron chi connectivity index (χ2n) is 5.74. The second-order valence-corrected chi connectivity index (χ2v) is 7.59. The number of nitrogens with one attached hydrogen (secondary N) is 3. The van der Waals surface area contributed by atoms with E-state index in [0.29, 0.717) is 31.1 Å². The minimum atomic E-state index is -0.324. The SMILES string of the molecule is Cc1cc(NC(=O)c2ccccc2Cl)sc1C(=O)NCc1n[nH]c(=S)n1C. The Kier molecular flexibility index (Phi) is 5.73. The number of H-pyrrole nitrogens is 1. The van der Waals surface area contributed by atoms with Gasteiger partial charge >= 0.3 is 0 Å². The van der Waals surface area contributed by atoms with Gasteiger partial charge in [-0.15, -0.1) is 11.3 Å². The Morgan fingerprint density at radius 3 is 2.74 bits per heavy atom. The highest BCUT2D eigenvalue weighted by Gasteiger charge is 2.17. The number of aromatic amines is 1. The van der Waals surface area contributed by atoms with Gasteiger partial charge in [-0.3, -0.25) is 14.7 Å². The summed E-state index contributed by atoms with van der Waals surface area (Å²) in [4.78, 5) is 25.3. The van der Waals surface area contributed by atoms with E-state index in [1.54, 1.807) is 41.9 Å². The summed E-state index contributed by atoms with van der Waals surface area (Å²) in [6, 6.07) is 8.54. The number of carbonyl (C=O) groups excluding carboxylic acids is 2. The highest BCUT2D eigenvalue weighted by atomic mass is 35.5. The molecular weight excluding hydrogens is 406 g/mol. The van der Waals surface area contributed by atoms with Crippen LogP contribution in [0.1, 0.15) is 31.4 Å². The van der Waals surface area contributed by atoms with E-state index in [4.69, 9.17) is 23.8 Å². The number of aryl methyl sites for hydroxylation is 1. The van der Waals surface area contributed by atoms with Gasteiger partial charge in [0.05, 0.1) is 27.0 Å². The van der Waals surface area contributed by atoms with Crippen molar-refractivity contribution in [3.05, 3.63) is 62.0 Å². The molecule has 3 N–H and O–H groups in total. The topological polar surface area (TPSA) is 91.8 Å². The van der Waals surface area contributed by atoms with Crippen molar-refractivity contribution in [1.82, 2.24) is 20.1 Å². The third-order valence-electron chi connectivity index (χ3n) is 3.86. The van der Waals surface area contributed by atoms with Gasteiger partial charge in [0, 0.05) is 7.05 Å². The van der Waals surface area contributed by atoms with Crippen molar-refractivity contribution < 1.29 is 9.59 Å². The molecule has 3 aromatic rings. The lowest BCUT2D eigenvalue weighted by atomic mass is 10.2. The number of amides is 2. The molecule has 3 rings (SSSR count). The maximum Gasteiger partial charge on any atom is 0.262 e. The van der Waals surface area contributed by atoms with Crippen LogP contribution in [-0.2, 0) is 13.6 Å². The van der Waals surface area contributed by atoms with Gasteiger partial charge in [-0.05, 0) is 42.9 Å². The first-order valence-corrected chi connectivity index (χ1v) is 9.52. The predicted octanol–water partition coefficient (Wildman–Crippen LogP) is 3.68. The average molecular weight is 422 g/mol. The van der Waals surface area contributed by atoms with E-state index in [9.17, 15) is 9.59 Å². The summed E-state index contributed by atoms with van der Waals surface area (Å²) in [7, 11) is 1.77. The Labute approximate surface area is 169 Å². The van der Waals surface area contributed by atoms with Gasteiger partial charge in [0.15, 0.2) is 10.6 Å². The number of benzene rings is 1. The van der Waals surface area contributed by atoms with Gasteiger partial charge in [0.1, 0.15) is 0 Å². The van der Waals surface area contributed by atoms with Gasteiger partial charge in [-0.25, -0.2) is 0 Å². The number of halogens is 1. The molecule has 7 nitrogen and oxygen atoms in total. The number of nitrogens with zero attached hydrogens (tertiary/aromatic N) is 2. The van der Waals surface area contributed by atoms with E-state index < -0.39 is 0 Å². The molecular formula is C17H16ClN5O2S2. The van der Waals surface area contributed by atoms with E-state index in [0.717, 1.165) is 5.56 Å². The standard InChI is InChI=1S/C17H16ClN5O2S2/c1-9-7-13(20-15(24)10-5-3-4-6-11(10)18)27-14(9)16(25)19-8-12-21-22-17(26)23(12)2/h3-7H,8H2,1-2H3,(H,19,25)(H,20,24)(H,22,26). The van der Waals surface area contributed by atoms with E-state index in [1.807, 2.05) is 6.92 Å². The van der Waals surface area contributed by atoms with Gasteiger partial charge < -0.3 is 15.2 Å². The maximum atomic E-state index is 12.5. The van der Waals surface area contributed by atoms with Crippen LogP contribution < -0.4 is 10.6 Å².